The van der Waals surface area contributed by atoms with Crippen LogP contribution in [0.2, 0.25) is 0 Å². The molecule has 4 N–H and O–H groups in total. The van der Waals surface area contributed by atoms with Crippen LogP contribution in [0.1, 0.15) is 43.0 Å². The standard InChI is InChI=1S/C27H33F2N7OS/c1-26(6-10-35(11-7-26)18-36-12-8-27(28,29)9-13-36)34-25-31-16-20(17-32-25)24(37)33-22-15-19(4-5-21(22)30)23-3-2-14-38-23/h2-5,14-17H,6-13,18,30H2,1H3,(H,33,37)(H,31,32,34). The number of rotatable bonds is 7. The fourth-order valence-corrected chi connectivity index (χ4v) is 5.58. The van der Waals surface area contributed by atoms with E-state index in [-0.39, 0.29) is 24.3 Å². The maximum Gasteiger partial charge on any atom is 0.258 e. The third-order valence-electron chi connectivity index (χ3n) is 7.38. The second-order valence-electron chi connectivity index (χ2n) is 10.4. The molecule has 0 unspecified atom stereocenters. The van der Waals surface area contributed by atoms with Gasteiger partial charge in [0.1, 0.15) is 0 Å². The lowest BCUT2D eigenvalue weighted by molar-refractivity contribution is -0.0653. The number of hydrogen-bond acceptors (Lipinski definition) is 8. The van der Waals surface area contributed by atoms with Crippen molar-refractivity contribution in [2.75, 3.05) is 49.2 Å². The van der Waals surface area contributed by atoms with Crippen LogP contribution in [-0.4, -0.2) is 70.0 Å². The Morgan fingerprint density at radius 3 is 2.34 bits per heavy atom. The maximum absolute atomic E-state index is 13.4. The van der Waals surface area contributed by atoms with Gasteiger partial charge in [-0.3, -0.25) is 14.6 Å². The number of nitrogens with one attached hydrogen (secondary N) is 2. The molecule has 2 aliphatic rings. The van der Waals surface area contributed by atoms with Crippen molar-refractivity contribution in [3.8, 4) is 10.4 Å². The molecule has 4 heterocycles. The normalized spacial score (nSPS) is 19.7. The van der Waals surface area contributed by atoms with Gasteiger partial charge in [0.25, 0.3) is 11.8 Å². The number of carbonyl (C=O) groups is 1. The Labute approximate surface area is 225 Å². The number of likely N-dealkylation sites (tertiary alicyclic amines) is 2. The molecule has 2 aromatic heterocycles. The van der Waals surface area contributed by atoms with Gasteiger partial charge in [-0.2, -0.15) is 0 Å². The number of carbonyl (C=O) groups excluding carboxylic acids is 1. The van der Waals surface area contributed by atoms with E-state index in [1.807, 2.05) is 29.6 Å². The minimum atomic E-state index is -2.51. The molecule has 2 saturated heterocycles. The summed E-state index contributed by atoms with van der Waals surface area (Å²) in [4.78, 5) is 27.1. The number of nitrogens with two attached hydrogens (primary N) is 1. The number of nitrogens with zero attached hydrogens (tertiary/aromatic N) is 4. The summed E-state index contributed by atoms with van der Waals surface area (Å²) in [6.45, 7) is 5.48. The largest absolute Gasteiger partial charge is 0.397 e. The summed E-state index contributed by atoms with van der Waals surface area (Å²) in [7, 11) is 0. The molecule has 8 nitrogen and oxygen atoms in total. The number of hydrogen-bond donors (Lipinski definition) is 3. The SMILES string of the molecule is CC1(Nc2ncc(C(=O)Nc3cc(-c4cccs4)ccc3N)cn2)CCN(CN2CCC(F)(F)CC2)CC1. The van der Waals surface area contributed by atoms with Crippen molar-refractivity contribution in [2.45, 2.75) is 44.1 Å². The molecule has 3 aromatic rings. The molecule has 2 aliphatic heterocycles. The van der Waals surface area contributed by atoms with Gasteiger partial charge in [0.2, 0.25) is 5.95 Å². The lowest BCUT2D eigenvalue weighted by atomic mass is 9.90. The Bertz CT molecular complexity index is 1230. The molecule has 202 valence electrons. The predicted molar refractivity (Wildman–Crippen MR) is 148 cm³/mol. The van der Waals surface area contributed by atoms with E-state index in [0.29, 0.717) is 36.0 Å². The molecule has 0 aliphatic carbocycles. The van der Waals surface area contributed by atoms with Gasteiger partial charge in [0.15, 0.2) is 0 Å². The van der Waals surface area contributed by atoms with Crippen molar-refractivity contribution in [3.05, 3.63) is 53.7 Å². The molecule has 5 rings (SSSR count). The highest BCUT2D eigenvalue weighted by Crippen LogP contribution is 2.31. The summed E-state index contributed by atoms with van der Waals surface area (Å²) in [5.41, 5.74) is 8.25. The first kappa shape index (κ1) is 26.5. The van der Waals surface area contributed by atoms with Gasteiger partial charge < -0.3 is 16.4 Å². The lowest BCUT2D eigenvalue weighted by Crippen LogP contribution is -2.52. The summed E-state index contributed by atoms with van der Waals surface area (Å²) in [5.74, 6) is -2.38. The average molecular weight is 542 g/mol. The lowest BCUT2D eigenvalue weighted by Gasteiger charge is -2.42. The van der Waals surface area contributed by atoms with Gasteiger partial charge in [-0.15, -0.1) is 11.3 Å². The first-order valence-electron chi connectivity index (χ1n) is 12.9. The van der Waals surface area contributed by atoms with E-state index in [1.54, 1.807) is 17.4 Å². The van der Waals surface area contributed by atoms with Crippen LogP contribution < -0.4 is 16.4 Å². The third-order valence-corrected chi connectivity index (χ3v) is 8.30. The van der Waals surface area contributed by atoms with Crippen LogP contribution in [0.25, 0.3) is 10.4 Å². The molecule has 2 fully saturated rings. The molecular weight excluding hydrogens is 508 g/mol. The second-order valence-corrected chi connectivity index (χ2v) is 11.4. The summed E-state index contributed by atoms with van der Waals surface area (Å²) in [6, 6.07) is 9.58. The molecule has 0 bridgehead atoms. The zero-order valence-electron chi connectivity index (χ0n) is 21.4. The number of nitrogen functional groups attached to an aromatic ring is 1. The predicted octanol–water partition coefficient (Wildman–Crippen LogP) is 4.99. The molecule has 1 aromatic carbocycles. The molecule has 0 atom stereocenters. The molecular formula is C27H33F2N7OS. The topological polar surface area (TPSA) is 99.4 Å². The van der Waals surface area contributed by atoms with E-state index < -0.39 is 5.92 Å². The van der Waals surface area contributed by atoms with E-state index >= 15 is 0 Å². The first-order chi connectivity index (χ1) is 18.2. The van der Waals surface area contributed by atoms with Gasteiger partial charge in [0.05, 0.1) is 23.6 Å². The van der Waals surface area contributed by atoms with E-state index in [4.69, 9.17) is 5.73 Å². The maximum atomic E-state index is 13.4. The molecule has 0 saturated carbocycles. The summed E-state index contributed by atoms with van der Waals surface area (Å²) < 4.78 is 26.8. The Balaban J connectivity index is 1.13. The van der Waals surface area contributed by atoms with E-state index in [9.17, 15) is 13.6 Å². The van der Waals surface area contributed by atoms with Crippen molar-refractivity contribution in [1.82, 2.24) is 19.8 Å². The van der Waals surface area contributed by atoms with Crippen LogP contribution in [0.15, 0.2) is 48.1 Å². The monoisotopic (exact) mass is 541 g/mol. The number of aromatic nitrogens is 2. The van der Waals surface area contributed by atoms with Crippen molar-refractivity contribution in [3.63, 3.8) is 0 Å². The summed E-state index contributed by atoms with van der Waals surface area (Å²) in [6.07, 6.45) is 4.66. The third kappa shape index (κ3) is 6.46. The van der Waals surface area contributed by atoms with Crippen LogP contribution in [-0.2, 0) is 0 Å². The number of benzene rings is 1. The van der Waals surface area contributed by atoms with Gasteiger partial charge >= 0.3 is 0 Å². The molecule has 0 spiro atoms. The van der Waals surface area contributed by atoms with Crippen molar-refractivity contribution < 1.29 is 13.6 Å². The number of anilines is 3. The van der Waals surface area contributed by atoms with E-state index in [1.165, 1.54) is 12.4 Å². The number of alkyl halides is 2. The number of piperidine rings is 2. The Hall–Kier alpha value is -3.15. The van der Waals surface area contributed by atoms with E-state index in [0.717, 1.165) is 43.0 Å². The molecule has 38 heavy (non-hydrogen) atoms. The average Bonchev–Trinajstić information content (AvgIpc) is 3.43. The van der Waals surface area contributed by atoms with Crippen LogP contribution in [0.5, 0.6) is 0 Å². The van der Waals surface area contributed by atoms with Crippen LogP contribution in [0.4, 0.5) is 26.1 Å². The van der Waals surface area contributed by atoms with Gasteiger partial charge in [-0.25, -0.2) is 18.7 Å². The van der Waals surface area contributed by atoms with E-state index in [2.05, 4.69) is 37.3 Å². The quantitative estimate of drug-likeness (QED) is 0.362. The summed E-state index contributed by atoms with van der Waals surface area (Å²) >= 11 is 1.62. The van der Waals surface area contributed by atoms with Gasteiger partial charge in [0, 0.05) is 61.8 Å². The Kier molecular flexibility index (Phi) is 7.60. The fourth-order valence-electron chi connectivity index (χ4n) is 4.85. The summed E-state index contributed by atoms with van der Waals surface area (Å²) in [5, 5.41) is 8.30. The van der Waals surface area contributed by atoms with Crippen LogP contribution in [0.3, 0.4) is 0 Å². The highest BCUT2D eigenvalue weighted by molar-refractivity contribution is 7.13. The molecule has 1 amide bonds. The zero-order chi connectivity index (χ0) is 26.8. The molecule has 0 radical (unpaired) electrons. The first-order valence-corrected chi connectivity index (χ1v) is 13.7. The minimum Gasteiger partial charge on any atom is -0.397 e. The fraction of sp³-hybridized carbons (Fsp3) is 0.444. The Morgan fingerprint density at radius 1 is 1.05 bits per heavy atom. The van der Waals surface area contributed by atoms with Gasteiger partial charge in [-0.05, 0) is 48.9 Å². The van der Waals surface area contributed by atoms with Crippen molar-refractivity contribution in [2.24, 2.45) is 0 Å². The number of amides is 1. The van der Waals surface area contributed by atoms with Crippen LogP contribution in [0, 0.1) is 0 Å². The zero-order valence-corrected chi connectivity index (χ0v) is 22.2. The smallest absolute Gasteiger partial charge is 0.258 e. The minimum absolute atomic E-state index is 0.0552. The number of thiophene rings is 1. The number of halogens is 2. The van der Waals surface area contributed by atoms with Crippen molar-refractivity contribution in [1.29, 1.82) is 0 Å². The second kappa shape index (κ2) is 10.9. The highest BCUT2D eigenvalue weighted by atomic mass is 32.1. The van der Waals surface area contributed by atoms with Crippen LogP contribution >= 0.6 is 11.3 Å². The molecule has 11 heteroatoms. The van der Waals surface area contributed by atoms with Gasteiger partial charge in [-0.1, -0.05) is 12.1 Å². The Morgan fingerprint density at radius 2 is 1.71 bits per heavy atom. The van der Waals surface area contributed by atoms with Crippen molar-refractivity contribution >= 4 is 34.6 Å². The highest BCUT2D eigenvalue weighted by Gasteiger charge is 2.36.